The summed E-state index contributed by atoms with van der Waals surface area (Å²) in [5.74, 6) is -3.37. The molecule has 43 heavy (non-hydrogen) atoms. The van der Waals surface area contributed by atoms with Crippen molar-refractivity contribution in [2.24, 2.45) is 0 Å². The number of rotatable bonds is 9. The van der Waals surface area contributed by atoms with Crippen molar-refractivity contribution in [1.82, 2.24) is 14.9 Å². The molecule has 0 aliphatic heterocycles. The Hall–Kier alpha value is -4.71. The van der Waals surface area contributed by atoms with Gasteiger partial charge in [-0.25, -0.2) is 14.4 Å². The van der Waals surface area contributed by atoms with Crippen LogP contribution in [0.25, 0.3) is 22.0 Å². The number of aromatic nitrogens is 2. The number of aryl methyl sites for hydroxylation is 1. The van der Waals surface area contributed by atoms with Crippen molar-refractivity contribution in [3.05, 3.63) is 82.9 Å². The zero-order valence-electron chi connectivity index (χ0n) is 24.4. The Morgan fingerprint density at radius 1 is 1.12 bits per heavy atom. The van der Waals surface area contributed by atoms with E-state index in [0.29, 0.717) is 28.3 Å². The van der Waals surface area contributed by atoms with Crippen LogP contribution in [0.2, 0.25) is 0 Å². The van der Waals surface area contributed by atoms with Crippen LogP contribution in [0, 0.1) is 12.7 Å². The van der Waals surface area contributed by atoms with Crippen LogP contribution < -0.4 is 10.1 Å². The summed E-state index contributed by atoms with van der Waals surface area (Å²) < 4.78 is 48.8. The van der Waals surface area contributed by atoms with E-state index < -0.39 is 30.0 Å². The fourth-order valence-electron chi connectivity index (χ4n) is 4.49. The molecule has 0 saturated carbocycles. The Morgan fingerprint density at radius 2 is 1.77 bits per heavy atom. The van der Waals surface area contributed by atoms with E-state index in [1.165, 1.54) is 17.0 Å². The summed E-state index contributed by atoms with van der Waals surface area (Å²) in [5.41, 5.74) is 2.19. The van der Waals surface area contributed by atoms with Gasteiger partial charge in [-0.2, -0.15) is 8.78 Å². The number of anilines is 1. The largest absolute Gasteiger partial charge is 0.496 e. The number of nitrogens with zero attached hydrogens (tertiary/aromatic N) is 3. The third-order valence-corrected chi connectivity index (χ3v) is 6.70. The van der Waals surface area contributed by atoms with Crippen LogP contribution in [0.5, 0.6) is 5.75 Å². The standard InChI is InChI=1S/C30H31F3N4O3.CH2O2/c1-17(22-7-6-8-24(28(22)31)30(32,33)16-38)34-29-23-14-20(9-11-25(23)35-18(2)36-29)19-10-12-26(40-5)21(13-19)15-27(39)37(3)4;2-1-3/h6-14,17,38H,15-16H2,1-5H3,(H,34,35,36);1H,(H,2,3)/t17-;/m1./s1. The molecule has 1 heterocycles. The van der Waals surface area contributed by atoms with Gasteiger partial charge in [0.25, 0.3) is 12.4 Å². The second-order valence-electron chi connectivity index (χ2n) is 9.89. The number of aliphatic hydroxyl groups is 1. The summed E-state index contributed by atoms with van der Waals surface area (Å²) in [6.45, 7) is 1.62. The van der Waals surface area contributed by atoms with Crippen molar-refractivity contribution in [2.45, 2.75) is 32.2 Å². The fraction of sp³-hybridized carbons (Fsp3) is 0.290. The van der Waals surface area contributed by atoms with Gasteiger partial charge in [0.1, 0.15) is 29.8 Å². The Morgan fingerprint density at radius 3 is 2.40 bits per heavy atom. The number of halogens is 3. The molecule has 228 valence electrons. The summed E-state index contributed by atoms with van der Waals surface area (Å²) in [6, 6.07) is 14.2. The number of alkyl halides is 2. The first-order valence-corrected chi connectivity index (χ1v) is 13.1. The number of methoxy groups -OCH3 is 1. The summed E-state index contributed by atoms with van der Waals surface area (Å²) in [7, 11) is 4.94. The number of aliphatic hydroxyl groups excluding tert-OH is 1. The van der Waals surface area contributed by atoms with Gasteiger partial charge in [0.15, 0.2) is 0 Å². The molecule has 0 aliphatic carbocycles. The van der Waals surface area contributed by atoms with Gasteiger partial charge >= 0.3 is 0 Å². The number of ether oxygens (including phenoxy) is 1. The van der Waals surface area contributed by atoms with E-state index in [1.807, 2.05) is 36.4 Å². The number of nitrogens with one attached hydrogen (secondary N) is 1. The van der Waals surface area contributed by atoms with Crippen LogP contribution in [0.3, 0.4) is 0 Å². The maximum Gasteiger partial charge on any atom is 0.298 e. The molecule has 3 N–H and O–H groups in total. The van der Waals surface area contributed by atoms with Gasteiger partial charge < -0.3 is 25.2 Å². The minimum absolute atomic E-state index is 0.0107. The average Bonchev–Trinajstić information content (AvgIpc) is 2.97. The summed E-state index contributed by atoms with van der Waals surface area (Å²) in [6.07, 6.45) is 0.171. The average molecular weight is 599 g/mol. The highest BCUT2D eigenvalue weighted by Gasteiger charge is 2.35. The fourth-order valence-corrected chi connectivity index (χ4v) is 4.49. The zero-order valence-corrected chi connectivity index (χ0v) is 24.4. The molecule has 0 spiro atoms. The minimum atomic E-state index is -3.71. The molecular formula is C31H33F3N4O5. The molecule has 3 aromatic carbocycles. The van der Waals surface area contributed by atoms with Crippen LogP contribution in [0.15, 0.2) is 54.6 Å². The Bertz CT molecular complexity index is 1610. The molecule has 0 fully saturated rings. The minimum Gasteiger partial charge on any atom is -0.496 e. The molecule has 0 radical (unpaired) electrons. The number of benzene rings is 3. The molecule has 0 bridgehead atoms. The van der Waals surface area contributed by atoms with Gasteiger partial charge in [-0.1, -0.05) is 24.3 Å². The van der Waals surface area contributed by atoms with Gasteiger partial charge in [0.05, 0.1) is 30.7 Å². The van der Waals surface area contributed by atoms with Gasteiger partial charge in [0, 0.05) is 30.6 Å². The summed E-state index contributed by atoms with van der Waals surface area (Å²) in [4.78, 5) is 31.3. The van der Waals surface area contributed by atoms with Crippen LogP contribution in [-0.4, -0.2) is 65.3 Å². The molecule has 4 aromatic rings. The number of hydrogen-bond donors (Lipinski definition) is 3. The first-order chi connectivity index (χ1) is 20.4. The maximum atomic E-state index is 15.1. The number of fused-ring (bicyclic) bond motifs is 1. The lowest BCUT2D eigenvalue weighted by Crippen LogP contribution is -2.23. The molecule has 0 unspecified atom stereocenters. The molecular weight excluding hydrogens is 565 g/mol. The summed E-state index contributed by atoms with van der Waals surface area (Å²) >= 11 is 0. The molecule has 9 nitrogen and oxygen atoms in total. The molecule has 1 aromatic heterocycles. The number of carbonyl (C=O) groups excluding carboxylic acids is 1. The first-order valence-electron chi connectivity index (χ1n) is 13.1. The lowest BCUT2D eigenvalue weighted by Gasteiger charge is -2.21. The second-order valence-corrected chi connectivity index (χ2v) is 9.89. The first kappa shape index (κ1) is 32.8. The summed E-state index contributed by atoms with van der Waals surface area (Å²) in [5, 5.41) is 19.7. The molecule has 1 atom stereocenters. The van der Waals surface area contributed by atoms with Crippen molar-refractivity contribution in [3.63, 3.8) is 0 Å². The highest BCUT2D eigenvalue weighted by Crippen LogP contribution is 2.35. The highest BCUT2D eigenvalue weighted by atomic mass is 19.3. The van der Waals surface area contributed by atoms with Gasteiger partial charge in [-0.3, -0.25) is 9.59 Å². The van der Waals surface area contributed by atoms with Crippen molar-refractivity contribution >= 4 is 29.1 Å². The van der Waals surface area contributed by atoms with Gasteiger partial charge in [-0.05, 0) is 55.3 Å². The van der Waals surface area contributed by atoms with E-state index in [4.69, 9.17) is 19.7 Å². The van der Waals surface area contributed by atoms with Crippen LogP contribution in [0.4, 0.5) is 19.0 Å². The maximum absolute atomic E-state index is 15.1. The molecule has 12 heteroatoms. The highest BCUT2D eigenvalue weighted by molar-refractivity contribution is 5.93. The number of likely N-dealkylation sites (N-methyl/N-ethyl adjacent to an activating group) is 1. The number of hydrogen-bond acceptors (Lipinski definition) is 7. The Labute approximate surface area is 247 Å². The van der Waals surface area contributed by atoms with Crippen molar-refractivity contribution < 1.29 is 37.7 Å². The molecule has 0 aliphatic rings. The van der Waals surface area contributed by atoms with Crippen molar-refractivity contribution in [2.75, 3.05) is 33.1 Å². The lowest BCUT2D eigenvalue weighted by atomic mass is 9.98. The van der Waals surface area contributed by atoms with E-state index in [1.54, 1.807) is 35.1 Å². The zero-order chi connectivity index (χ0) is 31.9. The number of carboxylic acid groups (broad SMARTS) is 1. The third-order valence-electron chi connectivity index (χ3n) is 6.70. The van der Waals surface area contributed by atoms with E-state index in [-0.39, 0.29) is 24.4 Å². The van der Waals surface area contributed by atoms with Gasteiger partial charge in [-0.15, -0.1) is 0 Å². The lowest BCUT2D eigenvalue weighted by molar-refractivity contribution is -0.128. The van der Waals surface area contributed by atoms with Crippen LogP contribution in [0.1, 0.15) is 35.5 Å². The predicted octanol–water partition coefficient (Wildman–Crippen LogP) is 5.34. The predicted molar refractivity (Wildman–Crippen MR) is 157 cm³/mol. The molecule has 4 rings (SSSR count). The monoisotopic (exact) mass is 598 g/mol. The van der Waals surface area contributed by atoms with Crippen molar-refractivity contribution in [3.8, 4) is 16.9 Å². The topological polar surface area (TPSA) is 125 Å². The van der Waals surface area contributed by atoms with E-state index in [2.05, 4.69) is 15.3 Å². The number of amides is 1. The van der Waals surface area contributed by atoms with Crippen molar-refractivity contribution in [1.29, 1.82) is 0 Å². The quantitative estimate of drug-likeness (QED) is 0.221. The smallest absolute Gasteiger partial charge is 0.298 e. The normalized spacial score (nSPS) is 11.7. The third kappa shape index (κ3) is 7.58. The van der Waals surface area contributed by atoms with E-state index >= 15 is 4.39 Å². The van der Waals surface area contributed by atoms with Crippen LogP contribution >= 0.6 is 0 Å². The van der Waals surface area contributed by atoms with Crippen LogP contribution in [-0.2, 0) is 21.9 Å². The van der Waals surface area contributed by atoms with E-state index in [9.17, 15) is 13.6 Å². The SMILES string of the molecule is COc1ccc(-c2ccc3nc(C)nc(N[C@H](C)c4cccc(C(F)(F)CO)c4F)c3c2)cc1CC(=O)N(C)C.O=CO. The Kier molecular flexibility index (Phi) is 10.7. The second kappa shape index (κ2) is 14.0. The van der Waals surface area contributed by atoms with E-state index in [0.717, 1.165) is 22.8 Å². The number of carbonyl (C=O) groups is 2. The van der Waals surface area contributed by atoms with Gasteiger partial charge in [0.2, 0.25) is 5.91 Å². The molecule has 1 amide bonds. The Balaban J connectivity index is 0.00000162. The molecule has 0 saturated heterocycles.